The lowest BCUT2D eigenvalue weighted by atomic mass is 10.2. The van der Waals surface area contributed by atoms with E-state index >= 15 is 0 Å². The van der Waals surface area contributed by atoms with Crippen LogP contribution in [0.15, 0.2) is 58.3 Å². The van der Waals surface area contributed by atoms with Gasteiger partial charge in [-0.15, -0.1) is 22.7 Å². The highest BCUT2D eigenvalue weighted by Crippen LogP contribution is 2.33. The zero-order valence-electron chi connectivity index (χ0n) is 16.7. The standard InChI is InChI=1S/C22H19N3O4S2/c1-2-9-29-22(28)14-5-7-15(8-6-14)24-18(26)11-25-13-23-20-19(21(25)27)16(12-31-20)17-4-3-10-30-17/h3-8,10,12-13H,2,9,11H2,1H3,(H,24,26). The van der Waals surface area contributed by atoms with Gasteiger partial charge < -0.3 is 10.1 Å². The SMILES string of the molecule is CCCOC(=O)c1ccc(NC(=O)Cn2cnc3scc(-c4cccs4)c3c2=O)cc1. The van der Waals surface area contributed by atoms with Crippen LogP contribution in [0.1, 0.15) is 23.7 Å². The topological polar surface area (TPSA) is 90.3 Å². The molecule has 4 aromatic rings. The Labute approximate surface area is 185 Å². The van der Waals surface area contributed by atoms with Crippen molar-refractivity contribution in [3.05, 3.63) is 69.4 Å². The van der Waals surface area contributed by atoms with Gasteiger partial charge in [0, 0.05) is 21.5 Å². The number of carbonyl (C=O) groups is 2. The van der Waals surface area contributed by atoms with Crippen LogP contribution in [-0.4, -0.2) is 28.0 Å². The fourth-order valence-corrected chi connectivity index (χ4v) is 4.74. The molecule has 0 aliphatic carbocycles. The first kappa shape index (κ1) is 21.0. The monoisotopic (exact) mass is 453 g/mol. The summed E-state index contributed by atoms with van der Waals surface area (Å²) in [6.45, 7) is 2.12. The number of fused-ring (bicyclic) bond motifs is 1. The molecule has 0 unspecified atom stereocenters. The molecule has 31 heavy (non-hydrogen) atoms. The number of carbonyl (C=O) groups excluding carboxylic acids is 2. The second-order valence-corrected chi connectivity index (χ2v) is 8.55. The summed E-state index contributed by atoms with van der Waals surface area (Å²) in [6, 6.07) is 10.3. The van der Waals surface area contributed by atoms with Crippen molar-refractivity contribution in [3.63, 3.8) is 0 Å². The summed E-state index contributed by atoms with van der Waals surface area (Å²) in [5.74, 6) is -0.763. The Kier molecular flexibility index (Phi) is 6.24. The Bertz CT molecular complexity index is 1270. The van der Waals surface area contributed by atoms with Gasteiger partial charge in [0.25, 0.3) is 5.56 Å². The number of ether oxygens (including phenoxy) is 1. The quantitative estimate of drug-likeness (QED) is 0.419. The minimum atomic E-state index is -0.400. The maximum absolute atomic E-state index is 13.0. The number of anilines is 1. The van der Waals surface area contributed by atoms with E-state index in [1.54, 1.807) is 35.6 Å². The van der Waals surface area contributed by atoms with E-state index in [2.05, 4.69) is 10.3 Å². The molecule has 0 atom stereocenters. The van der Waals surface area contributed by atoms with Crippen molar-refractivity contribution < 1.29 is 14.3 Å². The lowest BCUT2D eigenvalue weighted by molar-refractivity contribution is -0.116. The molecule has 4 rings (SSSR count). The molecule has 0 aliphatic heterocycles. The van der Waals surface area contributed by atoms with E-state index in [1.165, 1.54) is 22.2 Å². The highest BCUT2D eigenvalue weighted by atomic mass is 32.1. The highest BCUT2D eigenvalue weighted by molar-refractivity contribution is 7.18. The Morgan fingerprint density at radius 1 is 1.16 bits per heavy atom. The van der Waals surface area contributed by atoms with Crippen molar-refractivity contribution >= 4 is 50.5 Å². The first-order valence-corrected chi connectivity index (χ1v) is 11.4. The third kappa shape index (κ3) is 4.57. The Morgan fingerprint density at radius 2 is 1.97 bits per heavy atom. The number of nitrogens with one attached hydrogen (secondary N) is 1. The van der Waals surface area contributed by atoms with Crippen molar-refractivity contribution in [1.82, 2.24) is 9.55 Å². The lowest BCUT2D eigenvalue weighted by Crippen LogP contribution is -2.27. The van der Waals surface area contributed by atoms with E-state index in [1.807, 2.05) is 29.8 Å². The van der Waals surface area contributed by atoms with Crippen molar-refractivity contribution in [2.45, 2.75) is 19.9 Å². The number of esters is 1. The summed E-state index contributed by atoms with van der Waals surface area (Å²) in [7, 11) is 0. The molecule has 1 aromatic carbocycles. The Balaban J connectivity index is 1.49. The summed E-state index contributed by atoms with van der Waals surface area (Å²) >= 11 is 2.96. The van der Waals surface area contributed by atoms with Gasteiger partial charge in [0.2, 0.25) is 5.91 Å². The second-order valence-electron chi connectivity index (χ2n) is 6.75. The third-order valence-corrected chi connectivity index (χ3v) is 6.29. The molecule has 3 heterocycles. The third-order valence-electron chi connectivity index (χ3n) is 4.50. The smallest absolute Gasteiger partial charge is 0.338 e. The van der Waals surface area contributed by atoms with Crippen LogP contribution in [0, 0.1) is 0 Å². The second kappa shape index (κ2) is 9.23. The molecule has 0 radical (unpaired) electrons. The van der Waals surface area contributed by atoms with Gasteiger partial charge in [0.05, 0.1) is 23.9 Å². The number of hydrogen-bond acceptors (Lipinski definition) is 7. The van der Waals surface area contributed by atoms with Crippen molar-refractivity contribution in [2.24, 2.45) is 0 Å². The van der Waals surface area contributed by atoms with Gasteiger partial charge in [-0.2, -0.15) is 0 Å². The van der Waals surface area contributed by atoms with Gasteiger partial charge in [-0.05, 0) is 42.1 Å². The average molecular weight is 454 g/mol. The number of nitrogens with zero attached hydrogens (tertiary/aromatic N) is 2. The van der Waals surface area contributed by atoms with E-state index in [-0.39, 0.29) is 18.0 Å². The van der Waals surface area contributed by atoms with Crippen LogP contribution in [-0.2, 0) is 16.1 Å². The first-order valence-electron chi connectivity index (χ1n) is 9.64. The molecule has 0 fully saturated rings. The van der Waals surface area contributed by atoms with E-state index in [9.17, 15) is 14.4 Å². The fourth-order valence-electron chi connectivity index (χ4n) is 3.02. The van der Waals surface area contributed by atoms with E-state index < -0.39 is 5.97 Å². The molecule has 0 spiro atoms. The van der Waals surface area contributed by atoms with Crippen LogP contribution in [0.2, 0.25) is 0 Å². The molecule has 3 aromatic heterocycles. The Morgan fingerprint density at radius 3 is 2.68 bits per heavy atom. The molecular weight excluding hydrogens is 434 g/mol. The van der Waals surface area contributed by atoms with Gasteiger partial charge in [0.15, 0.2) is 0 Å². The summed E-state index contributed by atoms with van der Waals surface area (Å²) < 4.78 is 6.39. The number of hydrogen-bond donors (Lipinski definition) is 1. The van der Waals surface area contributed by atoms with Crippen LogP contribution in [0.3, 0.4) is 0 Å². The van der Waals surface area contributed by atoms with E-state index in [0.717, 1.165) is 16.9 Å². The summed E-state index contributed by atoms with van der Waals surface area (Å²) in [4.78, 5) is 43.3. The molecule has 0 saturated carbocycles. The molecule has 0 bridgehead atoms. The molecule has 158 valence electrons. The van der Waals surface area contributed by atoms with Gasteiger partial charge in [-0.25, -0.2) is 9.78 Å². The molecule has 1 amide bonds. The van der Waals surface area contributed by atoms with E-state index in [4.69, 9.17) is 4.74 Å². The minimum absolute atomic E-state index is 0.165. The summed E-state index contributed by atoms with van der Waals surface area (Å²) in [5, 5.41) is 7.14. The van der Waals surface area contributed by atoms with Gasteiger partial charge in [-0.3, -0.25) is 14.2 Å². The molecule has 1 N–H and O–H groups in total. The fraction of sp³-hybridized carbons (Fsp3) is 0.182. The normalized spacial score (nSPS) is 10.9. The van der Waals surface area contributed by atoms with Crippen LogP contribution >= 0.6 is 22.7 Å². The van der Waals surface area contributed by atoms with Crippen molar-refractivity contribution in [3.8, 4) is 10.4 Å². The van der Waals surface area contributed by atoms with Crippen molar-refractivity contribution in [1.29, 1.82) is 0 Å². The number of aromatic nitrogens is 2. The highest BCUT2D eigenvalue weighted by Gasteiger charge is 2.15. The number of amides is 1. The van der Waals surface area contributed by atoms with Crippen LogP contribution in [0.25, 0.3) is 20.7 Å². The molecule has 0 aliphatic rings. The predicted molar refractivity (Wildman–Crippen MR) is 123 cm³/mol. The lowest BCUT2D eigenvalue weighted by Gasteiger charge is -2.08. The molecule has 0 saturated heterocycles. The molecule has 9 heteroatoms. The minimum Gasteiger partial charge on any atom is -0.462 e. The average Bonchev–Trinajstić information content (AvgIpc) is 3.44. The maximum Gasteiger partial charge on any atom is 0.338 e. The maximum atomic E-state index is 13.0. The Hall–Kier alpha value is -3.30. The number of thiophene rings is 2. The zero-order chi connectivity index (χ0) is 21.8. The van der Waals surface area contributed by atoms with Gasteiger partial charge in [0.1, 0.15) is 11.4 Å². The van der Waals surface area contributed by atoms with Gasteiger partial charge >= 0.3 is 5.97 Å². The zero-order valence-corrected chi connectivity index (χ0v) is 18.3. The predicted octanol–water partition coefficient (Wildman–Crippen LogP) is 4.39. The molecular formula is C22H19N3O4S2. The number of rotatable bonds is 7. The largest absolute Gasteiger partial charge is 0.462 e. The van der Waals surface area contributed by atoms with Gasteiger partial charge in [-0.1, -0.05) is 13.0 Å². The van der Waals surface area contributed by atoms with Crippen LogP contribution < -0.4 is 10.9 Å². The van der Waals surface area contributed by atoms with E-state index in [0.29, 0.717) is 28.1 Å². The number of benzene rings is 1. The van der Waals surface area contributed by atoms with Crippen LogP contribution in [0.5, 0.6) is 0 Å². The van der Waals surface area contributed by atoms with Crippen LogP contribution in [0.4, 0.5) is 5.69 Å². The molecule has 7 nitrogen and oxygen atoms in total. The summed E-state index contributed by atoms with van der Waals surface area (Å²) in [6.07, 6.45) is 2.14. The first-order chi connectivity index (χ1) is 15.1. The van der Waals surface area contributed by atoms with Crippen molar-refractivity contribution in [2.75, 3.05) is 11.9 Å². The summed E-state index contributed by atoms with van der Waals surface area (Å²) in [5.41, 5.74) is 1.52.